The van der Waals surface area contributed by atoms with E-state index in [2.05, 4.69) is 5.32 Å². The molecule has 4 nitrogen and oxygen atoms in total. The Morgan fingerprint density at radius 1 is 0.964 bits per heavy atom. The first-order valence-electron chi connectivity index (χ1n) is 8.49. The second kappa shape index (κ2) is 7.80. The number of amides is 1. The van der Waals surface area contributed by atoms with E-state index in [1.807, 2.05) is 24.3 Å². The molecule has 0 saturated carbocycles. The molecule has 28 heavy (non-hydrogen) atoms. The molecule has 7 heteroatoms. The minimum atomic E-state index is -4.56. The summed E-state index contributed by atoms with van der Waals surface area (Å²) in [4.78, 5) is 12.3. The average molecular weight is 389 g/mol. The molecule has 0 radical (unpaired) electrons. The van der Waals surface area contributed by atoms with Crippen LogP contribution in [0.5, 0.6) is 11.5 Å². The minimum absolute atomic E-state index is 0.307. The molecule has 3 aromatic rings. The number of rotatable bonds is 5. The summed E-state index contributed by atoms with van der Waals surface area (Å²) in [6, 6.07) is 15.6. The molecule has 0 heterocycles. The van der Waals surface area contributed by atoms with Crippen molar-refractivity contribution >= 4 is 22.4 Å². The summed E-state index contributed by atoms with van der Waals surface area (Å²) < 4.78 is 50.0. The van der Waals surface area contributed by atoms with E-state index in [9.17, 15) is 18.0 Å². The van der Waals surface area contributed by atoms with Crippen molar-refractivity contribution in [3.63, 3.8) is 0 Å². The second-order valence-corrected chi connectivity index (χ2v) is 6.17. The molecule has 0 aromatic heterocycles. The minimum Gasteiger partial charge on any atom is -0.497 e. The highest BCUT2D eigenvalue weighted by Gasteiger charge is 2.34. The third-order valence-corrected chi connectivity index (χ3v) is 4.19. The predicted octanol–water partition coefficient (Wildman–Crippen LogP) is 5.27. The van der Waals surface area contributed by atoms with Crippen molar-refractivity contribution in [3.05, 3.63) is 66.2 Å². The lowest BCUT2D eigenvalue weighted by Crippen LogP contribution is -2.31. The number of nitrogens with one attached hydrogen (secondary N) is 1. The number of hydrogen-bond donors (Lipinski definition) is 1. The normalized spacial score (nSPS) is 12.5. The average Bonchev–Trinajstić information content (AvgIpc) is 2.66. The van der Waals surface area contributed by atoms with Crippen molar-refractivity contribution < 1.29 is 27.4 Å². The van der Waals surface area contributed by atoms with Gasteiger partial charge >= 0.3 is 6.18 Å². The molecule has 0 aliphatic heterocycles. The van der Waals surface area contributed by atoms with Gasteiger partial charge in [0, 0.05) is 0 Å². The first-order valence-corrected chi connectivity index (χ1v) is 8.49. The van der Waals surface area contributed by atoms with E-state index in [0.717, 1.165) is 16.8 Å². The van der Waals surface area contributed by atoms with Gasteiger partial charge in [-0.1, -0.05) is 24.3 Å². The summed E-state index contributed by atoms with van der Waals surface area (Å²) in [6.07, 6.45) is -5.56. The van der Waals surface area contributed by atoms with Crippen LogP contribution in [-0.2, 0) is 11.0 Å². The van der Waals surface area contributed by atoms with Crippen LogP contribution in [0.1, 0.15) is 12.5 Å². The molecule has 3 aromatic carbocycles. The molecule has 146 valence electrons. The van der Waals surface area contributed by atoms with Crippen LogP contribution < -0.4 is 14.8 Å². The highest BCUT2D eigenvalue weighted by Crippen LogP contribution is 2.34. The molecule has 1 amide bonds. The predicted molar refractivity (Wildman–Crippen MR) is 101 cm³/mol. The SMILES string of the molecule is COc1ccc2ccc(O[C@@H](C)C(=O)Nc3ccccc3C(F)(F)F)cc2c1. The maximum absolute atomic E-state index is 13.1. The number of anilines is 1. The van der Waals surface area contributed by atoms with Crippen molar-refractivity contribution in [2.45, 2.75) is 19.2 Å². The van der Waals surface area contributed by atoms with Gasteiger partial charge in [0.25, 0.3) is 5.91 Å². The third kappa shape index (κ3) is 4.36. The van der Waals surface area contributed by atoms with Crippen LogP contribution in [-0.4, -0.2) is 19.1 Å². The molecule has 0 aliphatic rings. The largest absolute Gasteiger partial charge is 0.497 e. The lowest BCUT2D eigenvalue weighted by atomic mass is 10.1. The zero-order valence-electron chi connectivity index (χ0n) is 15.2. The Balaban J connectivity index is 1.75. The maximum Gasteiger partial charge on any atom is 0.418 e. The fourth-order valence-electron chi connectivity index (χ4n) is 2.73. The van der Waals surface area contributed by atoms with Gasteiger partial charge in [-0.25, -0.2) is 0 Å². The summed E-state index contributed by atoms with van der Waals surface area (Å²) >= 11 is 0. The molecule has 0 fully saturated rings. The van der Waals surface area contributed by atoms with Crippen LogP contribution in [0.25, 0.3) is 10.8 Å². The van der Waals surface area contributed by atoms with Crippen LogP contribution >= 0.6 is 0 Å². The highest BCUT2D eigenvalue weighted by molar-refractivity contribution is 5.95. The number of para-hydroxylation sites is 1. The number of halogens is 3. The lowest BCUT2D eigenvalue weighted by Gasteiger charge is -2.17. The summed E-state index contributed by atoms with van der Waals surface area (Å²) in [5, 5.41) is 4.10. The van der Waals surface area contributed by atoms with E-state index in [1.54, 1.807) is 19.2 Å². The Bertz CT molecular complexity index is 1000. The van der Waals surface area contributed by atoms with E-state index < -0.39 is 23.8 Å². The molecule has 0 saturated heterocycles. The van der Waals surface area contributed by atoms with Crippen LogP contribution in [0.3, 0.4) is 0 Å². The number of alkyl halides is 3. The first-order chi connectivity index (χ1) is 13.3. The number of benzene rings is 3. The second-order valence-electron chi connectivity index (χ2n) is 6.17. The zero-order valence-corrected chi connectivity index (χ0v) is 15.2. The van der Waals surface area contributed by atoms with Gasteiger partial charge in [0.05, 0.1) is 18.4 Å². The Kier molecular flexibility index (Phi) is 5.44. The Morgan fingerprint density at radius 2 is 1.61 bits per heavy atom. The fraction of sp³-hybridized carbons (Fsp3) is 0.190. The van der Waals surface area contributed by atoms with Crippen molar-refractivity contribution in [3.8, 4) is 11.5 Å². The molecule has 1 atom stereocenters. The van der Waals surface area contributed by atoms with Gasteiger partial charge in [-0.3, -0.25) is 4.79 Å². The molecular weight excluding hydrogens is 371 g/mol. The van der Waals surface area contributed by atoms with E-state index in [-0.39, 0.29) is 5.69 Å². The Labute approximate surface area is 159 Å². The number of carbonyl (C=O) groups excluding carboxylic acids is 1. The molecule has 0 aliphatic carbocycles. The Hall–Kier alpha value is -3.22. The molecular formula is C21H18F3NO3. The molecule has 0 bridgehead atoms. The van der Waals surface area contributed by atoms with Crippen molar-refractivity contribution in [1.82, 2.24) is 0 Å². The van der Waals surface area contributed by atoms with Crippen LogP contribution in [0.2, 0.25) is 0 Å². The molecule has 1 N–H and O–H groups in total. The van der Waals surface area contributed by atoms with Crippen molar-refractivity contribution in [2.24, 2.45) is 0 Å². The van der Waals surface area contributed by atoms with Gasteiger partial charge < -0.3 is 14.8 Å². The molecule has 0 spiro atoms. The summed E-state index contributed by atoms with van der Waals surface area (Å²) in [7, 11) is 1.56. The number of hydrogen-bond acceptors (Lipinski definition) is 3. The topological polar surface area (TPSA) is 47.6 Å². The van der Waals surface area contributed by atoms with Gasteiger partial charge in [0.1, 0.15) is 11.5 Å². The quantitative estimate of drug-likeness (QED) is 0.646. The van der Waals surface area contributed by atoms with Crippen LogP contribution in [0, 0.1) is 0 Å². The van der Waals surface area contributed by atoms with Gasteiger partial charge in [-0.2, -0.15) is 13.2 Å². The number of fused-ring (bicyclic) bond motifs is 1. The standard InChI is InChI=1S/C21H18F3NO3/c1-13(20(26)25-19-6-4-3-5-18(19)21(22,23)24)28-17-10-8-14-7-9-16(27-2)11-15(14)12-17/h3-13H,1-2H3,(H,25,26)/t13-/m0/s1. The highest BCUT2D eigenvalue weighted by atomic mass is 19.4. The molecule has 3 rings (SSSR count). The number of methoxy groups -OCH3 is 1. The van der Waals surface area contributed by atoms with Crippen LogP contribution in [0.4, 0.5) is 18.9 Å². The van der Waals surface area contributed by atoms with Crippen molar-refractivity contribution in [1.29, 1.82) is 0 Å². The summed E-state index contributed by atoms with van der Waals surface area (Å²) in [6.45, 7) is 1.47. The van der Waals surface area contributed by atoms with Gasteiger partial charge in [0.2, 0.25) is 0 Å². The van der Waals surface area contributed by atoms with Crippen LogP contribution in [0.15, 0.2) is 60.7 Å². The Morgan fingerprint density at radius 3 is 2.29 bits per heavy atom. The van der Waals surface area contributed by atoms with Gasteiger partial charge in [0.15, 0.2) is 6.10 Å². The summed E-state index contributed by atoms with van der Waals surface area (Å²) in [5.74, 6) is 0.425. The van der Waals surface area contributed by atoms with E-state index >= 15 is 0 Å². The lowest BCUT2D eigenvalue weighted by molar-refractivity contribution is -0.137. The molecule has 0 unspecified atom stereocenters. The monoisotopic (exact) mass is 389 g/mol. The van der Waals surface area contributed by atoms with E-state index in [4.69, 9.17) is 9.47 Å². The number of ether oxygens (including phenoxy) is 2. The summed E-state index contributed by atoms with van der Waals surface area (Å²) in [5.41, 5.74) is -1.22. The third-order valence-electron chi connectivity index (χ3n) is 4.19. The zero-order chi connectivity index (χ0) is 20.3. The first kappa shape index (κ1) is 19.5. The van der Waals surface area contributed by atoms with Gasteiger partial charge in [-0.15, -0.1) is 0 Å². The maximum atomic E-state index is 13.1. The fourth-order valence-corrected chi connectivity index (χ4v) is 2.73. The van der Waals surface area contributed by atoms with Gasteiger partial charge in [-0.05, 0) is 54.1 Å². The van der Waals surface area contributed by atoms with E-state index in [1.165, 1.54) is 25.1 Å². The van der Waals surface area contributed by atoms with Crippen molar-refractivity contribution in [2.75, 3.05) is 12.4 Å². The smallest absolute Gasteiger partial charge is 0.418 e. The van der Waals surface area contributed by atoms with E-state index in [0.29, 0.717) is 11.5 Å². The number of carbonyl (C=O) groups is 1.